The number of aromatic nitrogens is 4. The molecule has 156 valence electrons. The van der Waals surface area contributed by atoms with Crippen molar-refractivity contribution in [2.24, 2.45) is 5.41 Å². The molecule has 2 N–H and O–H groups in total. The van der Waals surface area contributed by atoms with Crippen LogP contribution < -0.4 is 5.32 Å². The molecule has 3 fully saturated rings. The highest BCUT2D eigenvalue weighted by Crippen LogP contribution is 2.55. The van der Waals surface area contributed by atoms with Crippen LogP contribution in [0, 0.1) is 5.41 Å². The normalized spacial score (nSPS) is 25.4. The lowest BCUT2D eigenvalue weighted by molar-refractivity contribution is -0.133. The van der Waals surface area contributed by atoms with E-state index < -0.39 is 0 Å². The predicted octanol–water partition coefficient (Wildman–Crippen LogP) is 3.42. The molecule has 2 saturated carbocycles. The van der Waals surface area contributed by atoms with Crippen LogP contribution in [0.15, 0.2) is 28.8 Å². The van der Waals surface area contributed by atoms with Gasteiger partial charge < -0.3 is 14.6 Å². The molecule has 2 aromatic heterocycles. The monoisotopic (exact) mass is 406 g/mol. The smallest absolute Gasteiger partial charge is 0.316 e. The van der Waals surface area contributed by atoms with Crippen LogP contribution >= 0.6 is 0 Å². The molecule has 3 aromatic rings. The van der Waals surface area contributed by atoms with Gasteiger partial charge in [-0.25, -0.2) is 0 Å². The Hall–Kier alpha value is -2.90. The fourth-order valence-electron chi connectivity index (χ4n) is 4.95. The van der Waals surface area contributed by atoms with Gasteiger partial charge in [-0.2, -0.15) is 5.10 Å². The molecule has 1 spiro atoms. The Bertz CT molecular complexity index is 1090. The Kier molecular flexibility index (Phi) is 3.91. The van der Waals surface area contributed by atoms with Crippen molar-refractivity contribution < 1.29 is 9.21 Å². The maximum atomic E-state index is 12.8. The molecule has 3 aliphatic rings. The summed E-state index contributed by atoms with van der Waals surface area (Å²) >= 11 is 0. The Balaban J connectivity index is 1.09. The number of nitrogens with zero attached hydrogens (tertiary/aromatic N) is 4. The first kappa shape index (κ1) is 17.9. The molecule has 6 rings (SSSR count). The summed E-state index contributed by atoms with van der Waals surface area (Å²) in [6.07, 6.45) is 7.78. The number of fused-ring (bicyclic) bond motifs is 1. The summed E-state index contributed by atoms with van der Waals surface area (Å²) in [4.78, 5) is 14.8. The molecule has 1 aliphatic heterocycles. The van der Waals surface area contributed by atoms with Gasteiger partial charge in [0.25, 0.3) is 0 Å². The summed E-state index contributed by atoms with van der Waals surface area (Å²) < 4.78 is 5.87. The fraction of sp³-hybridized carbons (Fsp3) is 0.545. The highest BCUT2D eigenvalue weighted by Gasteiger charge is 2.46. The Labute approximate surface area is 174 Å². The first-order valence-corrected chi connectivity index (χ1v) is 10.9. The Morgan fingerprint density at radius 3 is 2.87 bits per heavy atom. The lowest BCUT2D eigenvalue weighted by atomic mass is 9.93. The van der Waals surface area contributed by atoms with Crippen molar-refractivity contribution in [1.29, 1.82) is 0 Å². The first-order chi connectivity index (χ1) is 14.6. The van der Waals surface area contributed by atoms with Crippen molar-refractivity contribution in [3.8, 4) is 0 Å². The van der Waals surface area contributed by atoms with Gasteiger partial charge >= 0.3 is 6.01 Å². The third kappa shape index (κ3) is 3.05. The van der Waals surface area contributed by atoms with E-state index in [-0.39, 0.29) is 17.9 Å². The van der Waals surface area contributed by atoms with Crippen molar-refractivity contribution in [2.45, 2.75) is 56.9 Å². The van der Waals surface area contributed by atoms with Crippen LogP contribution in [0.3, 0.4) is 0 Å². The average Bonchev–Trinajstić information content (AvgIpc) is 3.60. The van der Waals surface area contributed by atoms with E-state index >= 15 is 0 Å². The van der Waals surface area contributed by atoms with Crippen molar-refractivity contribution >= 4 is 22.8 Å². The van der Waals surface area contributed by atoms with E-state index in [2.05, 4.69) is 43.9 Å². The van der Waals surface area contributed by atoms with Crippen molar-refractivity contribution in [3.63, 3.8) is 0 Å². The molecule has 3 atom stereocenters. The molecule has 0 radical (unpaired) electrons. The zero-order valence-electron chi connectivity index (χ0n) is 17.1. The number of carbonyl (C=O) groups is 1. The summed E-state index contributed by atoms with van der Waals surface area (Å²) in [5, 5.41) is 19.9. The van der Waals surface area contributed by atoms with Gasteiger partial charge in [0.2, 0.25) is 11.8 Å². The van der Waals surface area contributed by atoms with Gasteiger partial charge in [0.05, 0.1) is 11.7 Å². The summed E-state index contributed by atoms with van der Waals surface area (Å²) in [7, 11) is 0. The zero-order chi connectivity index (χ0) is 20.3. The predicted molar refractivity (Wildman–Crippen MR) is 111 cm³/mol. The lowest BCUT2D eigenvalue weighted by Gasteiger charge is -2.33. The molecule has 30 heavy (non-hydrogen) atoms. The molecule has 3 unspecified atom stereocenters. The summed E-state index contributed by atoms with van der Waals surface area (Å²) in [5.74, 6) is 1.31. The quantitative estimate of drug-likeness (QED) is 0.673. The number of hydrogen-bond donors (Lipinski definition) is 2. The van der Waals surface area contributed by atoms with E-state index in [1.165, 1.54) is 18.4 Å². The number of amides is 1. The van der Waals surface area contributed by atoms with Crippen molar-refractivity contribution in [1.82, 2.24) is 25.3 Å². The molecule has 0 bridgehead atoms. The molecule has 8 heteroatoms. The molecule has 1 amide bonds. The number of aromatic amines is 1. The minimum absolute atomic E-state index is 0.112. The SMILES string of the molecule is CC(Nc1nnc(C2CC2c2cccc3cn[nH]c23)o1)C(=O)N1CCC2(CC1)CC2. The third-order valence-electron chi connectivity index (χ3n) is 7.26. The van der Waals surface area contributed by atoms with E-state index in [4.69, 9.17) is 4.42 Å². The van der Waals surface area contributed by atoms with Crippen LogP contribution in [0.5, 0.6) is 0 Å². The first-order valence-electron chi connectivity index (χ1n) is 10.9. The minimum Gasteiger partial charge on any atom is -0.408 e. The molecule has 1 aromatic carbocycles. The number of carbonyl (C=O) groups excluding carboxylic acids is 1. The number of rotatable bonds is 5. The zero-order valence-corrected chi connectivity index (χ0v) is 17.1. The molecule has 3 heterocycles. The van der Waals surface area contributed by atoms with Gasteiger partial charge in [-0.1, -0.05) is 23.3 Å². The molecular formula is C22H26N6O2. The third-order valence-corrected chi connectivity index (χ3v) is 7.26. The maximum Gasteiger partial charge on any atom is 0.316 e. The Morgan fingerprint density at radius 1 is 1.23 bits per heavy atom. The number of likely N-dealkylation sites (tertiary alicyclic amines) is 1. The van der Waals surface area contributed by atoms with Gasteiger partial charge in [-0.15, -0.1) is 5.10 Å². The largest absolute Gasteiger partial charge is 0.408 e. The van der Waals surface area contributed by atoms with E-state index in [0.29, 0.717) is 23.2 Å². The van der Waals surface area contributed by atoms with E-state index in [1.54, 1.807) is 0 Å². The number of piperidine rings is 1. The van der Waals surface area contributed by atoms with E-state index in [1.807, 2.05) is 18.0 Å². The second kappa shape index (κ2) is 6.55. The van der Waals surface area contributed by atoms with E-state index in [9.17, 15) is 4.79 Å². The molecular weight excluding hydrogens is 380 g/mol. The molecule has 1 saturated heterocycles. The number of nitrogens with one attached hydrogen (secondary N) is 2. The second-order valence-electron chi connectivity index (χ2n) is 9.27. The maximum absolute atomic E-state index is 12.8. The van der Waals surface area contributed by atoms with Gasteiger partial charge in [-0.05, 0) is 55.9 Å². The number of hydrogen-bond acceptors (Lipinski definition) is 6. The van der Waals surface area contributed by atoms with Crippen LogP contribution in [0.25, 0.3) is 10.9 Å². The number of para-hydroxylation sites is 1. The summed E-state index contributed by atoms with van der Waals surface area (Å²) in [6.45, 7) is 3.60. The van der Waals surface area contributed by atoms with Gasteiger partial charge in [-0.3, -0.25) is 9.89 Å². The second-order valence-corrected chi connectivity index (χ2v) is 9.27. The highest BCUT2D eigenvalue weighted by atomic mass is 16.4. The van der Waals surface area contributed by atoms with E-state index in [0.717, 1.165) is 43.3 Å². The van der Waals surface area contributed by atoms with Gasteiger partial charge in [0.15, 0.2) is 0 Å². The standard InChI is InChI=1S/C22H26N6O2/c1-13(20(29)28-9-7-22(5-6-22)8-10-28)24-21-27-26-19(30-21)17-11-16(17)15-4-2-3-14-12-23-25-18(14)15/h2-4,12-13,16-17H,5-11H2,1H3,(H,23,25)(H,24,27). The highest BCUT2D eigenvalue weighted by molar-refractivity contribution is 5.84. The van der Waals surface area contributed by atoms with Crippen molar-refractivity contribution in [2.75, 3.05) is 18.4 Å². The Morgan fingerprint density at radius 2 is 2.07 bits per heavy atom. The average molecular weight is 406 g/mol. The molecule has 8 nitrogen and oxygen atoms in total. The van der Waals surface area contributed by atoms with Crippen LogP contribution in [-0.2, 0) is 4.79 Å². The van der Waals surface area contributed by atoms with Gasteiger partial charge in [0, 0.05) is 24.4 Å². The van der Waals surface area contributed by atoms with Gasteiger partial charge in [0.1, 0.15) is 6.04 Å². The van der Waals surface area contributed by atoms with Crippen molar-refractivity contribution in [3.05, 3.63) is 35.9 Å². The van der Waals surface area contributed by atoms with Crippen LogP contribution in [-0.4, -0.2) is 50.3 Å². The molecule has 2 aliphatic carbocycles. The van der Waals surface area contributed by atoms with Crippen LogP contribution in [0.4, 0.5) is 6.01 Å². The number of benzene rings is 1. The van der Waals surface area contributed by atoms with Crippen LogP contribution in [0.2, 0.25) is 0 Å². The minimum atomic E-state index is -0.375. The number of H-pyrrole nitrogens is 1. The van der Waals surface area contributed by atoms with Crippen LogP contribution in [0.1, 0.15) is 62.3 Å². The topological polar surface area (TPSA) is 99.9 Å². The lowest BCUT2D eigenvalue weighted by Crippen LogP contribution is -2.45. The fourth-order valence-corrected chi connectivity index (χ4v) is 4.95. The number of anilines is 1. The summed E-state index contributed by atoms with van der Waals surface area (Å²) in [6, 6.07) is 6.19. The summed E-state index contributed by atoms with van der Waals surface area (Å²) in [5.41, 5.74) is 2.89.